The monoisotopic (exact) mass is 276 g/mol. The van der Waals surface area contributed by atoms with Gasteiger partial charge in [0.2, 0.25) is 0 Å². The minimum atomic E-state index is -0.520. The van der Waals surface area contributed by atoms with Crippen LogP contribution in [0.5, 0.6) is 0 Å². The summed E-state index contributed by atoms with van der Waals surface area (Å²) >= 11 is 0. The fourth-order valence-electron chi connectivity index (χ4n) is 1.87. The molecule has 0 aliphatic heterocycles. The predicted octanol–water partition coefficient (Wildman–Crippen LogP) is 1.11. The maximum absolute atomic E-state index is 13.2. The summed E-state index contributed by atoms with van der Waals surface area (Å²) in [5, 5.41) is 3.15. The van der Waals surface area contributed by atoms with Crippen LogP contribution in [0.3, 0.4) is 0 Å². The molecule has 104 valence electrons. The average Bonchev–Trinajstić information content (AvgIpc) is 2.44. The second kappa shape index (κ2) is 5.56. The third kappa shape index (κ3) is 2.40. The molecule has 0 bridgehead atoms. The zero-order valence-corrected chi connectivity index (χ0v) is 10.9. The Balaban J connectivity index is 2.66. The van der Waals surface area contributed by atoms with Gasteiger partial charge in [-0.05, 0) is 29.7 Å². The molecule has 0 radical (unpaired) electrons. The summed E-state index contributed by atoms with van der Waals surface area (Å²) < 4.78 is 14.1. The summed E-state index contributed by atoms with van der Waals surface area (Å²) in [5.41, 5.74) is -0.522. The molecule has 0 fully saturated rings. The smallest absolute Gasteiger partial charge is 0.291 e. The van der Waals surface area contributed by atoms with Gasteiger partial charge in [-0.1, -0.05) is 6.08 Å². The van der Waals surface area contributed by atoms with E-state index in [1.807, 2.05) is 0 Å². The third-order valence-corrected chi connectivity index (χ3v) is 2.76. The van der Waals surface area contributed by atoms with Crippen molar-refractivity contribution < 1.29 is 14.0 Å². The van der Waals surface area contributed by atoms with E-state index in [2.05, 4.69) is 11.9 Å². The van der Waals surface area contributed by atoms with Crippen molar-refractivity contribution in [3.05, 3.63) is 58.8 Å². The molecule has 1 N–H and O–H groups in total. The molecule has 0 aliphatic carbocycles. The molecule has 20 heavy (non-hydrogen) atoms. The fraction of sp³-hybridized carbons (Fsp3) is 0.143. The van der Waals surface area contributed by atoms with Crippen LogP contribution < -0.4 is 15.7 Å². The maximum atomic E-state index is 13.2. The Morgan fingerprint density at radius 1 is 1.50 bits per heavy atom. The Kier molecular flexibility index (Phi) is 3.84. The standard InChI is InChI=1S/C14H13FN2O3/c1-3-6-16-13(18)12-8-9-7-10(15)4-5-11(9)14(19)17(12)20-2/h3-5,7-8H,1,6H2,2H3,(H,16,18). The van der Waals surface area contributed by atoms with Gasteiger partial charge >= 0.3 is 0 Å². The molecule has 0 aliphatic rings. The van der Waals surface area contributed by atoms with Gasteiger partial charge in [0.05, 0.1) is 5.39 Å². The Morgan fingerprint density at radius 2 is 2.25 bits per heavy atom. The number of halogens is 1. The Labute approximate surface area is 114 Å². The van der Waals surface area contributed by atoms with Gasteiger partial charge in [-0.25, -0.2) is 4.39 Å². The lowest BCUT2D eigenvalue weighted by Gasteiger charge is -2.12. The van der Waals surface area contributed by atoms with Gasteiger partial charge in [-0.15, -0.1) is 11.3 Å². The van der Waals surface area contributed by atoms with Gasteiger partial charge in [0, 0.05) is 6.54 Å². The molecule has 6 heteroatoms. The molecule has 1 aromatic heterocycles. The van der Waals surface area contributed by atoms with E-state index in [1.54, 1.807) is 0 Å². The van der Waals surface area contributed by atoms with E-state index in [0.717, 1.165) is 4.73 Å². The maximum Gasteiger partial charge on any atom is 0.291 e. The van der Waals surface area contributed by atoms with Crippen LogP contribution in [0.25, 0.3) is 10.8 Å². The van der Waals surface area contributed by atoms with Gasteiger partial charge in [0.25, 0.3) is 11.5 Å². The number of fused-ring (bicyclic) bond motifs is 1. The number of pyridine rings is 1. The van der Waals surface area contributed by atoms with Crippen LogP contribution in [0.2, 0.25) is 0 Å². The van der Waals surface area contributed by atoms with Gasteiger partial charge < -0.3 is 10.2 Å². The first-order valence-electron chi connectivity index (χ1n) is 5.87. The average molecular weight is 276 g/mol. The minimum Gasteiger partial charge on any atom is -0.413 e. The molecular formula is C14H13FN2O3. The second-order valence-corrected chi connectivity index (χ2v) is 4.04. The fourth-order valence-corrected chi connectivity index (χ4v) is 1.87. The minimum absolute atomic E-state index is 0.00236. The van der Waals surface area contributed by atoms with E-state index in [0.29, 0.717) is 5.39 Å². The van der Waals surface area contributed by atoms with Crippen LogP contribution in [0.1, 0.15) is 10.5 Å². The SMILES string of the molecule is C=CCNC(=O)c1cc2cc(F)ccc2c(=O)n1OC. The summed E-state index contributed by atoms with van der Waals surface area (Å²) in [6.45, 7) is 3.73. The second-order valence-electron chi connectivity index (χ2n) is 4.04. The molecular weight excluding hydrogens is 263 g/mol. The number of carbonyl (C=O) groups is 1. The summed E-state index contributed by atoms with van der Waals surface area (Å²) in [5.74, 6) is -0.987. The van der Waals surface area contributed by atoms with E-state index in [9.17, 15) is 14.0 Å². The summed E-state index contributed by atoms with van der Waals surface area (Å²) in [6.07, 6.45) is 1.51. The van der Waals surface area contributed by atoms with Gasteiger partial charge in [-0.2, -0.15) is 0 Å². The van der Waals surface area contributed by atoms with Crippen molar-refractivity contribution in [1.82, 2.24) is 10.0 Å². The van der Waals surface area contributed by atoms with Crippen molar-refractivity contribution in [2.24, 2.45) is 0 Å². The van der Waals surface area contributed by atoms with E-state index in [4.69, 9.17) is 4.84 Å². The zero-order valence-electron chi connectivity index (χ0n) is 10.9. The molecule has 0 spiro atoms. The normalized spacial score (nSPS) is 10.3. The zero-order chi connectivity index (χ0) is 14.7. The van der Waals surface area contributed by atoms with Crippen LogP contribution >= 0.6 is 0 Å². The molecule has 0 unspecified atom stereocenters. The number of nitrogens with one attached hydrogen (secondary N) is 1. The van der Waals surface area contributed by atoms with Crippen LogP contribution in [0, 0.1) is 5.82 Å². The largest absolute Gasteiger partial charge is 0.413 e. The number of amides is 1. The van der Waals surface area contributed by atoms with Gasteiger partial charge in [-0.3, -0.25) is 9.59 Å². The topological polar surface area (TPSA) is 60.3 Å². The predicted molar refractivity (Wildman–Crippen MR) is 73.2 cm³/mol. The molecule has 1 aromatic carbocycles. The molecule has 0 atom stereocenters. The number of aromatic nitrogens is 1. The highest BCUT2D eigenvalue weighted by Gasteiger charge is 2.16. The summed E-state index contributed by atoms with van der Waals surface area (Å²) in [4.78, 5) is 29.1. The van der Waals surface area contributed by atoms with E-state index in [1.165, 1.54) is 37.5 Å². The highest BCUT2D eigenvalue weighted by atomic mass is 19.1. The van der Waals surface area contributed by atoms with Crippen molar-refractivity contribution in [3.8, 4) is 0 Å². The van der Waals surface area contributed by atoms with E-state index in [-0.39, 0.29) is 17.6 Å². The third-order valence-electron chi connectivity index (χ3n) is 2.76. The molecule has 5 nitrogen and oxygen atoms in total. The van der Waals surface area contributed by atoms with Crippen molar-refractivity contribution in [1.29, 1.82) is 0 Å². The Hall–Kier alpha value is -2.63. The van der Waals surface area contributed by atoms with E-state index >= 15 is 0 Å². The Morgan fingerprint density at radius 3 is 2.90 bits per heavy atom. The first-order valence-corrected chi connectivity index (χ1v) is 5.87. The van der Waals surface area contributed by atoms with Gasteiger partial charge in [0.15, 0.2) is 0 Å². The number of benzene rings is 1. The summed E-state index contributed by atoms with van der Waals surface area (Å²) in [6, 6.07) is 5.14. The lowest BCUT2D eigenvalue weighted by atomic mass is 10.1. The molecule has 0 saturated heterocycles. The quantitative estimate of drug-likeness (QED) is 0.851. The van der Waals surface area contributed by atoms with Crippen molar-refractivity contribution >= 4 is 16.7 Å². The lowest BCUT2D eigenvalue weighted by Crippen LogP contribution is -2.35. The molecule has 1 amide bonds. The Bertz CT molecular complexity index is 737. The van der Waals surface area contributed by atoms with Crippen LogP contribution in [-0.2, 0) is 0 Å². The van der Waals surface area contributed by atoms with Crippen molar-refractivity contribution in [3.63, 3.8) is 0 Å². The number of hydrogen-bond acceptors (Lipinski definition) is 3. The molecule has 0 saturated carbocycles. The van der Waals surface area contributed by atoms with Crippen LogP contribution in [-0.4, -0.2) is 24.3 Å². The van der Waals surface area contributed by atoms with Crippen molar-refractivity contribution in [2.45, 2.75) is 0 Å². The molecule has 2 rings (SSSR count). The van der Waals surface area contributed by atoms with Crippen LogP contribution in [0.15, 0.2) is 41.7 Å². The highest BCUT2D eigenvalue weighted by Crippen LogP contribution is 2.13. The molecule has 2 aromatic rings. The van der Waals surface area contributed by atoms with Crippen LogP contribution in [0.4, 0.5) is 4.39 Å². The van der Waals surface area contributed by atoms with Gasteiger partial charge in [0.1, 0.15) is 18.6 Å². The summed E-state index contributed by atoms with van der Waals surface area (Å²) in [7, 11) is 1.28. The van der Waals surface area contributed by atoms with Crippen molar-refractivity contribution in [2.75, 3.05) is 13.7 Å². The lowest BCUT2D eigenvalue weighted by molar-refractivity contribution is 0.0889. The first-order chi connectivity index (χ1) is 9.58. The van der Waals surface area contributed by atoms with E-state index < -0.39 is 17.3 Å². The highest BCUT2D eigenvalue weighted by molar-refractivity contribution is 5.96. The number of nitrogens with zero attached hydrogens (tertiary/aromatic N) is 1. The number of rotatable bonds is 4. The number of carbonyl (C=O) groups excluding carboxylic acids is 1. The first kappa shape index (κ1) is 13.8. The molecule has 1 heterocycles. The number of hydrogen-bond donors (Lipinski definition) is 1.